The molecule has 3 rings (SSSR count). The Bertz CT molecular complexity index is 572. The van der Waals surface area contributed by atoms with E-state index in [1.165, 1.54) is 0 Å². The summed E-state index contributed by atoms with van der Waals surface area (Å²) in [6, 6.07) is 15.2. The Balaban J connectivity index is 2.67. The number of hydrogen-bond donors (Lipinski definition) is 1. The molecule has 0 heterocycles. The van der Waals surface area contributed by atoms with Crippen molar-refractivity contribution in [2.45, 2.75) is 0 Å². The smallest absolute Gasteiger partial charge is 0.131 e. The first-order chi connectivity index (χ1) is 7.79. The van der Waals surface area contributed by atoms with E-state index in [1.807, 2.05) is 48.5 Å². The number of fused-ring (bicyclic) bond motifs is 2. The number of benzene rings is 3. The Morgan fingerprint density at radius 1 is 0.688 bits per heavy atom. The molecule has 0 aromatic heterocycles. The molecule has 1 N–H and O–H groups in total. The largest absolute Gasteiger partial charge is 0.507 e. The minimum absolute atomic E-state index is 0.301. The van der Waals surface area contributed by atoms with Crippen molar-refractivity contribution in [2.24, 2.45) is 0 Å². The normalized spacial score (nSPS) is 11.1. The van der Waals surface area contributed by atoms with Gasteiger partial charge in [0, 0.05) is 21.5 Å². The first kappa shape index (κ1) is 9.49. The fourth-order valence-electron chi connectivity index (χ4n) is 2.05. The van der Waals surface area contributed by atoms with Crippen LogP contribution in [0.25, 0.3) is 21.5 Å². The van der Waals surface area contributed by atoms with Crippen molar-refractivity contribution in [3.8, 4) is 5.75 Å². The number of hydrogen-bond acceptors (Lipinski definition) is 1. The SMILES string of the molecule is Oc1c2ccccc2c(Cl)c2ccccc12. The molecule has 2 heteroatoms. The summed E-state index contributed by atoms with van der Waals surface area (Å²) in [7, 11) is 0. The monoisotopic (exact) mass is 228 g/mol. The predicted molar refractivity (Wildman–Crippen MR) is 68.1 cm³/mol. The summed E-state index contributed by atoms with van der Waals surface area (Å²) in [5, 5.41) is 14.2. The van der Waals surface area contributed by atoms with Gasteiger partial charge in [-0.15, -0.1) is 0 Å². The van der Waals surface area contributed by atoms with Gasteiger partial charge >= 0.3 is 0 Å². The molecular weight excluding hydrogens is 220 g/mol. The minimum atomic E-state index is 0.301. The van der Waals surface area contributed by atoms with Gasteiger partial charge in [-0.05, 0) is 0 Å². The van der Waals surface area contributed by atoms with Crippen molar-refractivity contribution in [1.82, 2.24) is 0 Å². The van der Waals surface area contributed by atoms with Gasteiger partial charge in [-0.3, -0.25) is 0 Å². The Hall–Kier alpha value is -1.73. The zero-order chi connectivity index (χ0) is 11.1. The minimum Gasteiger partial charge on any atom is -0.507 e. The number of phenols is 1. The maximum absolute atomic E-state index is 10.2. The van der Waals surface area contributed by atoms with Gasteiger partial charge in [-0.2, -0.15) is 0 Å². The van der Waals surface area contributed by atoms with Crippen LogP contribution < -0.4 is 0 Å². The molecule has 0 bridgehead atoms. The van der Waals surface area contributed by atoms with Crippen LogP contribution in [0.15, 0.2) is 48.5 Å². The molecule has 0 unspecified atom stereocenters. The quantitative estimate of drug-likeness (QED) is 0.567. The maximum atomic E-state index is 10.2. The van der Waals surface area contributed by atoms with Gasteiger partial charge < -0.3 is 5.11 Å². The summed E-state index contributed by atoms with van der Waals surface area (Å²) >= 11 is 6.34. The average Bonchev–Trinajstić information content (AvgIpc) is 2.36. The van der Waals surface area contributed by atoms with Crippen molar-refractivity contribution in [3.05, 3.63) is 53.6 Å². The molecule has 3 aromatic carbocycles. The fraction of sp³-hybridized carbons (Fsp3) is 0. The van der Waals surface area contributed by atoms with E-state index in [0.717, 1.165) is 21.5 Å². The lowest BCUT2D eigenvalue weighted by Crippen LogP contribution is -1.80. The van der Waals surface area contributed by atoms with Crippen molar-refractivity contribution in [2.75, 3.05) is 0 Å². The second kappa shape index (κ2) is 3.39. The summed E-state index contributed by atoms with van der Waals surface area (Å²) in [5.41, 5.74) is 0. The van der Waals surface area contributed by atoms with Crippen LogP contribution in [0.3, 0.4) is 0 Å². The van der Waals surface area contributed by atoms with Gasteiger partial charge in [0.1, 0.15) is 5.75 Å². The Labute approximate surface area is 97.9 Å². The van der Waals surface area contributed by atoms with Crippen LogP contribution in [0.5, 0.6) is 5.75 Å². The van der Waals surface area contributed by atoms with E-state index in [9.17, 15) is 5.11 Å². The van der Waals surface area contributed by atoms with Crippen LogP contribution in [0.2, 0.25) is 5.02 Å². The zero-order valence-corrected chi connectivity index (χ0v) is 9.20. The molecule has 0 aliphatic rings. The van der Waals surface area contributed by atoms with Crippen LogP contribution in [-0.2, 0) is 0 Å². The van der Waals surface area contributed by atoms with E-state index in [4.69, 9.17) is 11.6 Å². The topological polar surface area (TPSA) is 20.2 Å². The highest BCUT2D eigenvalue weighted by molar-refractivity contribution is 6.41. The molecule has 0 aliphatic carbocycles. The molecule has 0 fully saturated rings. The highest BCUT2D eigenvalue weighted by Crippen LogP contribution is 2.39. The van der Waals surface area contributed by atoms with Gasteiger partial charge in [0.05, 0.1) is 5.02 Å². The van der Waals surface area contributed by atoms with Gasteiger partial charge in [-0.1, -0.05) is 60.1 Å². The van der Waals surface area contributed by atoms with Gasteiger partial charge in [0.25, 0.3) is 0 Å². The van der Waals surface area contributed by atoms with Crippen LogP contribution in [0.1, 0.15) is 0 Å². The Morgan fingerprint density at radius 3 is 1.50 bits per heavy atom. The van der Waals surface area contributed by atoms with E-state index in [1.54, 1.807) is 0 Å². The summed E-state index contributed by atoms with van der Waals surface area (Å²) in [4.78, 5) is 0. The lowest BCUT2D eigenvalue weighted by atomic mass is 10.0. The lowest BCUT2D eigenvalue weighted by molar-refractivity contribution is 0.488. The van der Waals surface area contributed by atoms with Gasteiger partial charge in [-0.25, -0.2) is 0 Å². The van der Waals surface area contributed by atoms with Gasteiger partial charge in [0.2, 0.25) is 0 Å². The van der Waals surface area contributed by atoms with Crippen molar-refractivity contribution >= 4 is 33.1 Å². The molecule has 0 spiro atoms. The van der Waals surface area contributed by atoms with E-state index in [2.05, 4.69) is 0 Å². The van der Waals surface area contributed by atoms with Crippen LogP contribution in [-0.4, -0.2) is 5.11 Å². The van der Waals surface area contributed by atoms with Crippen molar-refractivity contribution < 1.29 is 5.11 Å². The number of phenolic OH excluding ortho intramolecular Hbond substituents is 1. The molecule has 0 atom stereocenters. The van der Waals surface area contributed by atoms with Crippen molar-refractivity contribution in [1.29, 1.82) is 0 Å². The van der Waals surface area contributed by atoms with E-state index in [0.29, 0.717) is 10.8 Å². The highest BCUT2D eigenvalue weighted by Gasteiger charge is 2.10. The maximum Gasteiger partial charge on any atom is 0.131 e. The Morgan fingerprint density at radius 2 is 1.06 bits per heavy atom. The molecule has 0 aliphatic heterocycles. The number of aromatic hydroxyl groups is 1. The fourth-order valence-corrected chi connectivity index (χ4v) is 2.38. The van der Waals surface area contributed by atoms with Crippen molar-refractivity contribution in [3.63, 3.8) is 0 Å². The molecular formula is C14H9ClO. The molecule has 3 aromatic rings. The molecule has 78 valence electrons. The first-order valence-electron chi connectivity index (χ1n) is 5.07. The summed E-state index contributed by atoms with van der Waals surface area (Å²) < 4.78 is 0. The highest BCUT2D eigenvalue weighted by atomic mass is 35.5. The molecule has 0 saturated heterocycles. The first-order valence-corrected chi connectivity index (χ1v) is 5.45. The number of rotatable bonds is 0. The Kier molecular flexibility index (Phi) is 2.01. The predicted octanol–water partition coefficient (Wildman–Crippen LogP) is 4.35. The van der Waals surface area contributed by atoms with E-state index < -0.39 is 0 Å². The van der Waals surface area contributed by atoms with Crippen LogP contribution in [0, 0.1) is 0 Å². The van der Waals surface area contributed by atoms with E-state index in [-0.39, 0.29) is 0 Å². The average molecular weight is 229 g/mol. The number of halogens is 1. The second-order valence-electron chi connectivity index (χ2n) is 3.75. The van der Waals surface area contributed by atoms with Gasteiger partial charge in [0.15, 0.2) is 0 Å². The second-order valence-corrected chi connectivity index (χ2v) is 4.13. The summed E-state index contributed by atoms with van der Waals surface area (Å²) in [6.45, 7) is 0. The molecule has 0 radical (unpaired) electrons. The third-order valence-electron chi connectivity index (χ3n) is 2.84. The summed E-state index contributed by atoms with van der Waals surface area (Å²) in [5.74, 6) is 0.301. The summed E-state index contributed by atoms with van der Waals surface area (Å²) in [6.07, 6.45) is 0. The molecule has 1 nitrogen and oxygen atoms in total. The molecule has 0 saturated carbocycles. The van der Waals surface area contributed by atoms with Crippen LogP contribution >= 0.6 is 11.6 Å². The molecule has 16 heavy (non-hydrogen) atoms. The van der Waals surface area contributed by atoms with Crippen LogP contribution in [0.4, 0.5) is 0 Å². The third-order valence-corrected chi connectivity index (χ3v) is 3.24. The lowest BCUT2D eigenvalue weighted by Gasteiger charge is -2.08. The standard InChI is InChI=1S/C14H9ClO/c15-13-9-5-1-3-7-11(9)14(16)12-8-4-2-6-10(12)13/h1-8,16H. The zero-order valence-electron chi connectivity index (χ0n) is 8.44. The molecule has 0 amide bonds. The van der Waals surface area contributed by atoms with E-state index >= 15 is 0 Å². The third kappa shape index (κ3) is 1.18.